The Bertz CT molecular complexity index is 322. The Balaban J connectivity index is 2.57. The molecule has 3 heteroatoms. The van der Waals surface area contributed by atoms with Gasteiger partial charge in [0.25, 0.3) is 0 Å². The maximum absolute atomic E-state index is 5.17. The number of nitrogens with zero attached hydrogens (tertiary/aromatic N) is 1. The van der Waals surface area contributed by atoms with E-state index in [0.29, 0.717) is 0 Å². The van der Waals surface area contributed by atoms with E-state index in [4.69, 9.17) is 9.57 Å². The normalized spacial score (nSPS) is 11.7. The Hall–Kier alpha value is -1.51. The molecule has 0 atom stereocenters. The first kappa shape index (κ1) is 11.6. The summed E-state index contributed by atoms with van der Waals surface area (Å²) < 4.78 is 5.04. The molecule has 0 aliphatic rings. The maximum atomic E-state index is 5.17. The van der Waals surface area contributed by atoms with Crippen LogP contribution in [0.4, 0.5) is 0 Å². The van der Waals surface area contributed by atoms with Crippen molar-refractivity contribution in [3.63, 3.8) is 0 Å². The van der Waals surface area contributed by atoms with Crippen molar-refractivity contribution in [3.8, 4) is 5.75 Å². The van der Waals surface area contributed by atoms with Crippen LogP contribution < -0.4 is 4.74 Å². The zero-order valence-electron chi connectivity index (χ0n) is 9.57. The molecule has 0 N–H and O–H groups in total. The highest BCUT2D eigenvalue weighted by Crippen LogP contribution is 2.11. The monoisotopic (exact) mass is 206 g/mol. The van der Waals surface area contributed by atoms with Crippen LogP contribution in [0, 0.1) is 0 Å². The van der Waals surface area contributed by atoms with Gasteiger partial charge in [0.1, 0.15) is 17.6 Å². The molecule has 0 saturated heterocycles. The lowest BCUT2D eigenvalue weighted by molar-refractivity contribution is 0.00199. The van der Waals surface area contributed by atoms with E-state index in [1.165, 1.54) is 0 Å². The third-order valence-corrected chi connectivity index (χ3v) is 1.58. The summed E-state index contributed by atoms with van der Waals surface area (Å²) in [6.45, 7) is 5.81. The van der Waals surface area contributed by atoms with Crippen molar-refractivity contribution in [2.75, 3.05) is 7.11 Å². The lowest BCUT2D eigenvalue weighted by atomic mass is 10.2. The number of ether oxygens (including phenoxy) is 1. The molecule has 0 aromatic heterocycles. The van der Waals surface area contributed by atoms with Crippen LogP contribution in [0.2, 0.25) is 0 Å². The summed E-state index contributed by atoms with van der Waals surface area (Å²) in [5, 5.41) is 3.78. The Morgan fingerprint density at radius 1 is 1.13 bits per heavy atom. The topological polar surface area (TPSA) is 30.8 Å². The summed E-state index contributed by atoms with van der Waals surface area (Å²) in [4.78, 5) is 5.17. The predicted molar refractivity (Wildman–Crippen MR) is 60.4 cm³/mol. The Kier molecular flexibility index (Phi) is 3.72. The van der Waals surface area contributed by atoms with Crippen molar-refractivity contribution < 1.29 is 9.57 Å². The predicted octanol–water partition coefficient (Wildman–Crippen LogP) is 2.72. The summed E-state index contributed by atoms with van der Waals surface area (Å²) in [7, 11) is 1.63. The minimum atomic E-state index is -0.278. The fraction of sp³-hybridized carbons (Fsp3) is 0.417. The Morgan fingerprint density at radius 2 is 1.73 bits per heavy atom. The second kappa shape index (κ2) is 4.82. The van der Waals surface area contributed by atoms with Crippen molar-refractivity contribution in [2.45, 2.75) is 26.4 Å². The molecule has 0 saturated carbocycles. The van der Waals surface area contributed by atoms with Crippen molar-refractivity contribution in [1.82, 2.24) is 0 Å². The first-order valence-electron chi connectivity index (χ1n) is 4.79. The number of hydrogen-bond donors (Lipinski definition) is 0. The fourth-order valence-electron chi connectivity index (χ4n) is 0.878. The molecule has 1 radical (unpaired) electrons. The summed E-state index contributed by atoms with van der Waals surface area (Å²) in [6, 6.07) is 7.45. The number of benzene rings is 1. The van der Waals surface area contributed by atoms with Crippen molar-refractivity contribution in [3.05, 3.63) is 29.8 Å². The second-order valence-corrected chi connectivity index (χ2v) is 4.14. The highest BCUT2D eigenvalue weighted by atomic mass is 16.6. The molecule has 1 aromatic carbocycles. The summed E-state index contributed by atoms with van der Waals surface area (Å²) in [5.74, 6) is 0.817. The lowest BCUT2D eigenvalue weighted by Crippen LogP contribution is -2.15. The molecule has 0 bridgehead atoms. The molecule has 0 aliphatic heterocycles. The minimum absolute atomic E-state index is 0.278. The van der Waals surface area contributed by atoms with Gasteiger partial charge in [0.05, 0.1) is 7.11 Å². The Morgan fingerprint density at radius 3 is 2.20 bits per heavy atom. The van der Waals surface area contributed by atoms with Gasteiger partial charge in [-0.15, -0.1) is 0 Å². The largest absolute Gasteiger partial charge is 0.497 e. The van der Waals surface area contributed by atoms with Crippen LogP contribution in [-0.2, 0) is 4.84 Å². The first-order valence-corrected chi connectivity index (χ1v) is 4.79. The average molecular weight is 206 g/mol. The van der Waals surface area contributed by atoms with Gasteiger partial charge in [-0.25, -0.2) is 0 Å². The summed E-state index contributed by atoms with van der Waals surface area (Å²) in [5.41, 5.74) is 0.583. The van der Waals surface area contributed by atoms with Gasteiger partial charge in [0, 0.05) is 5.56 Å². The lowest BCUT2D eigenvalue weighted by Gasteiger charge is -2.14. The molecular weight excluding hydrogens is 190 g/mol. The van der Waals surface area contributed by atoms with Gasteiger partial charge < -0.3 is 9.57 Å². The smallest absolute Gasteiger partial charge is 0.139 e. The van der Waals surface area contributed by atoms with Gasteiger partial charge >= 0.3 is 0 Å². The molecule has 0 aliphatic carbocycles. The van der Waals surface area contributed by atoms with Crippen LogP contribution in [0.1, 0.15) is 26.3 Å². The van der Waals surface area contributed by atoms with E-state index in [-0.39, 0.29) is 5.60 Å². The number of hydrogen-bond acceptors (Lipinski definition) is 3. The van der Waals surface area contributed by atoms with E-state index in [9.17, 15) is 0 Å². The molecule has 3 nitrogen and oxygen atoms in total. The summed E-state index contributed by atoms with van der Waals surface area (Å²) in [6.07, 6.45) is 2.80. The average Bonchev–Trinajstić information content (AvgIpc) is 2.17. The quantitative estimate of drug-likeness (QED) is 0.562. The highest BCUT2D eigenvalue weighted by Gasteiger charge is 2.09. The van der Waals surface area contributed by atoms with Gasteiger partial charge in [0.2, 0.25) is 0 Å². The van der Waals surface area contributed by atoms with Crippen molar-refractivity contribution in [1.29, 1.82) is 0 Å². The van der Waals surface area contributed by atoms with Crippen LogP contribution in [-0.4, -0.2) is 18.9 Å². The molecule has 1 rings (SSSR count). The molecular formula is C12H16NO2. The Labute approximate surface area is 90.7 Å². The zero-order chi connectivity index (χ0) is 11.3. The maximum Gasteiger partial charge on any atom is 0.139 e. The van der Waals surface area contributed by atoms with Gasteiger partial charge in [-0.1, -0.05) is 5.16 Å². The molecule has 0 heterocycles. The van der Waals surface area contributed by atoms with E-state index in [0.717, 1.165) is 11.3 Å². The summed E-state index contributed by atoms with van der Waals surface area (Å²) >= 11 is 0. The molecule has 81 valence electrons. The van der Waals surface area contributed by atoms with Gasteiger partial charge in [-0.3, -0.25) is 0 Å². The van der Waals surface area contributed by atoms with E-state index >= 15 is 0 Å². The van der Waals surface area contributed by atoms with Crippen LogP contribution in [0.15, 0.2) is 29.4 Å². The van der Waals surface area contributed by atoms with Gasteiger partial charge in [0.15, 0.2) is 0 Å². The third-order valence-electron chi connectivity index (χ3n) is 1.58. The molecule has 15 heavy (non-hydrogen) atoms. The fourth-order valence-corrected chi connectivity index (χ4v) is 0.878. The van der Waals surface area contributed by atoms with E-state index in [1.807, 2.05) is 45.0 Å². The number of methoxy groups -OCH3 is 1. The zero-order valence-corrected chi connectivity index (χ0v) is 9.57. The van der Waals surface area contributed by atoms with Crippen LogP contribution in [0.5, 0.6) is 5.75 Å². The molecule has 0 fully saturated rings. The van der Waals surface area contributed by atoms with Crippen molar-refractivity contribution in [2.24, 2.45) is 5.16 Å². The van der Waals surface area contributed by atoms with Crippen LogP contribution >= 0.6 is 0 Å². The number of rotatable bonds is 3. The first-order chi connectivity index (χ1) is 7.01. The third kappa shape index (κ3) is 4.49. The SMILES string of the molecule is COc1ccc(/[C]=N/OC(C)(C)C)cc1. The van der Waals surface area contributed by atoms with Crippen molar-refractivity contribution >= 4 is 6.21 Å². The van der Waals surface area contributed by atoms with Gasteiger partial charge in [-0.05, 0) is 45.0 Å². The standard InChI is InChI=1S/C12H16NO2/c1-12(2,3)15-13-9-10-5-7-11(14-4)8-6-10/h5-8H,1-4H3. The molecule has 0 spiro atoms. The highest BCUT2D eigenvalue weighted by molar-refractivity contribution is 5.79. The molecule has 0 unspecified atom stereocenters. The molecule has 0 amide bonds. The van der Waals surface area contributed by atoms with Crippen LogP contribution in [0.25, 0.3) is 0 Å². The van der Waals surface area contributed by atoms with E-state index < -0.39 is 0 Å². The minimum Gasteiger partial charge on any atom is -0.497 e. The van der Waals surface area contributed by atoms with E-state index in [1.54, 1.807) is 7.11 Å². The van der Waals surface area contributed by atoms with Crippen LogP contribution in [0.3, 0.4) is 0 Å². The molecule has 1 aromatic rings. The van der Waals surface area contributed by atoms with E-state index in [2.05, 4.69) is 11.4 Å². The second-order valence-electron chi connectivity index (χ2n) is 4.14. The van der Waals surface area contributed by atoms with Gasteiger partial charge in [-0.2, -0.15) is 0 Å².